The number of carbonyl (C=O) groups is 1. The van der Waals surface area contributed by atoms with Crippen molar-refractivity contribution in [2.24, 2.45) is 0 Å². The van der Waals surface area contributed by atoms with Crippen LogP contribution in [0.15, 0.2) is 0 Å². The molecule has 2 fully saturated rings. The summed E-state index contributed by atoms with van der Waals surface area (Å²) in [5.74, 6) is -0.270. The second-order valence-electron chi connectivity index (χ2n) is 6.66. The zero-order chi connectivity index (χ0) is 17.3. The van der Waals surface area contributed by atoms with Crippen molar-refractivity contribution in [3.63, 3.8) is 0 Å². The minimum Gasteiger partial charge on any atom is -0.341 e. The molecule has 1 saturated heterocycles. The van der Waals surface area contributed by atoms with Crippen LogP contribution in [-0.2, 0) is 24.7 Å². The van der Waals surface area contributed by atoms with Gasteiger partial charge < -0.3 is 4.90 Å². The Morgan fingerprint density at radius 2 is 1.70 bits per heavy atom. The van der Waals surface area contributed by atoms with E-state index in [2.05, 4.69) is 0 Å². The number of rotatable bonds is 5. The molecule has 0 aromatic heterocycles. The normalized spacial score (nSPS) is 25.6. The van der Waals surface area contributed by atoms with E-state index >= 15 is 0 Å². The standard InChI is InChI=1S/C14H26N2O5S2/c1-15(13-8-9-23(20,21)11-13)14(17)10-16(22(2,18)19)12-6-4-3-5-7-12/h12-13H,3-11H2,1-2H3. The highest BCUT2D eigenvalue weighted by molar-refractivity contribution is 7.91. The van der Waals surface area contributed by atoms with Gasteiger partial charge in [0.15, 0.2) is 9.84 Å². The van der Waals surface area contributed by atoms with E-state index in [0.29, 0.717) is 6.42 Å². The van der Waals surface area contributed by atoms with Gasteiger partial charge in [-0.2, -0.15) is 4.31 Å². The Labute approximate surface area is 139 Å². The molecule has 0 N–H and O–H groups in total. The average molecular weight is 367 g/mol. The SMILES string of the molecule is CN(C(=O)CN(C1CCCCC1)S(C)(=O)=O)C1CCS(=O)(=O)C1. The fourth-order valence-electron chi connectivity index (χ4n) is 3.42. The van der Waals surface area contributed by atoms with Gasteiger partial charge >= 0.3 is 0 Å². The molecule has 23 heavy (non-hydrogen) atoms. The highest BCUT2D eigenvalue weighted by atomic mass is 32.2. The molecule has 2 aliphatic rings. The van der Waals surface area contributed by atoms with E-state index in [-0.39, 0.29) is 36.0 Å². The smallest absolute Gasteiger partial charge is 0.237 e. The van der Waals surface area contributed by atoms with Crippen LogP contribution in [0.4, 0.5) is 0 Å². The van der Waals surface area contributed by atoms with Gasteiger partial charge in [0.1, 0.15) is 0 Å². The number of hydrogen-bond donors (Lipinski definition) is 0. The second-order valence-corrected chi connectivity index (χ2v) is 10.8. The quantitative estimate of drug-likeness (QED) is 0.694. The van der Waals surface area contributed by atoms with Crippen molar-refractivity contribution in [1.29, 1.82) is 0 Å². The van der Waals surface area contributed by atoms with Crippen LogP contribution < -0.4 is 0 Å². The van der Waals surface area contributed by atoms with Gasteiger partial charge in [-0.05, 0) is 19.3 Å². The van der Waals surface area contributed by atoms with E-state index < -0.39 is 19.9 Å². The minimum atomic E-state index is -3.47. The predicted molar refractivity (Wildman–Crippen MR) is 88.3 cm³/mol. The van der Waals surface area contributed by atoms with Gasteiger partial charge in [-0.25, -0.2) is 16.8 Å². The maximum absolute atomic E-state index is 12.5. The van der Waals surface area contributed by atoms with Gasteiger partial charge in [-0.1, -0.05) is 19.3 Å². The molecule has 0 aromatic carbocycles. The number of carbonyl (C=O) groups excluding carboxylic acids is 1. The van der Waals surface area contributed by atoms with E-state index in [1.807, 2.05) is 0 Å². The van der Waals surface area contributed by atoms with E-state index in [1.54, 1.807) is 7.05 Å². The third-order valence-electron chi connectivity index (χ3n) is 4.85. The van der Waals surface area contributed by atoms with Gasteiger partial charge in [0.05, 0.1) is 24.3 Å². The molecule has 2 rings (SSSR count). The molecule has 1 saturated carbocycles. The molecular weight excluding hydrogens is 340 g/mol. The average Bonchev–Trinajstić information content (AvgIpc) is 2.83. The number of likely N-dealkylation sites (N-methyl/N-ethyl adjacent to an activating group) is 1. The summed E-state index contributed by atoms with van der Waals surface area (Å²) in [5, 5.41) is 0. The van der Waals surface area contributed by atoms with Gasteiger partial charge in [-0.15, -0.1) is 0 Å². The van der Waals surface area contributed by atoms with Crippen LogP contribution in [0, 0.1) is 0 Å². The largest absolute Gasteiger partial charge is 0.341 e. The Bertz CT molecular complexity index is 638. The third kappa shape index (κ3) is 4.90. The van der Waals surface area contributed by atoms with E-state index in [9.17, 15) is 21.6 Å². The lowest BCUT2D eigenvalue weighted by atomic mass is 9.95. The molecule has 1 aliphatic carbocycles. The topological polar surface area (TPSA) is 91.8 Å². The lowest BCUT2D eigenvalue weighted by Crippen LogP contribution is -2.49. The molecule has 1 aliphatic heterocycles. The van der Waals surface area contributed by atoms with Crippen molar-refractivity contribution in [3.05, 3.63) is 0 Å². The maximum atomic E-state index is 12.5. The lowest BCUT2D eigenvalue weighted by molar-refractivity contribution is -0.132. The van der Waals surface area contributed by atoms with Gasteiger partial charge in [0.2, 0.25) is 15.9 Å². The van der Waals surface area contributed by atoms with Crippen molar-refractivity contribution in [3.8, 4) is 0 Å². The van der Waals surface area contributed by atoms with Crippen LogP contribution in [-0.4, -0.2) is 75.4 Å². The van der Waals surface area contributed by atoms with E-state index in [0.717, 1.165) is 38.4 Å². The Balaban J connectivity index is 2.05. The van der Waals surface area contributed by atoms with Crippen molar-refractivity contribution in [1.82, 2.24) is 9.21 Å². The van der Waals surface area contributed by atoms with Crippen LogP contribution in [0.3, 0.4) is 0 Å². The molecule has 1 unspecified atom stereocenters. The van der Waals surface area contributed by atoms with E-state index in [4.69, 9.17) is 0 Å². The Hall–Kier alpha value is -0.670. The van der Waals surface area contributed by atoms with Crippen molar-refractivity contribution < 1.29 is 21.6 Å². The first-order valence-electron chi connectivity index (χ1n) is 8.03. The zero-order valence-corrected chi connectivity index (χ0v) is 15.4. The first-order valence-corrected chi connectivity index (χ1v) is 11.7. The lowest BCUT2D eigenvalue weighted by Gasteiger charge is -2.33. The molecule has 7 nitrogen and oxygen atoms in total. The molecule has 0 radical (unpaired) electrons. The summed E-state index contributed by atoms with van der Waals surface area (Å²) >= 11 is 0. The third-order valence-corrected chi connectivity index (χ3v) is 7.88. The Kier molecular flexibility index (Phi) is 5.73. The molecule has 1 atom stereocenters. The van der Waals surface area contributed by atoms with Crippen LogP contribution in [0.25, 0.3) is 0 Å². The number of sulfonamides is 1. The molecule has 0 aromatic rings. The summed E-state index contributed by atoms with van der Waals surface area (Å²) in [7, 11) is -4.98. The summed E-state index contributed by atoms with van der Waals surface area (Å²) in [5.41, 5.74) is 0. The summed E-state index contributed by atoms with van der Waals surface area (Å²) in [6.07, 6.45) is 6.16. The van der Waals surface area contributed by atoms with Crippen LogP contribution in [0.2, 0.25) is 0 Å². The first-order chi connectivity index (χ1) is 10.6. The van der Waals surface area contributed by atoms with E-state index in [1.165, 1.54) is 9.21 Å². The van der Waals surface area contributed by atoms with Gasteiger partial charge in [0, 0.05) is 19.1 Å². The molecule has 1 amide bonds. The Morgan fingerprint density at radius 1 is 1.09 bits per heavy atom. The summed E-state index contributed by atoms with van der Waals surface area (Å²) in [6.45, 7) is -0.198. The maximum Gasteiger partial charge on any atom is 0.237 e. The van der Waals surface area contributed by atoms with Crippen LogP contribution in [0.1, 0.15) is 38.5 Å². The molecular formula is C14H26N2O5S2. The number of sulfone groups is 1. The molecule has 0 bridgehead atoms. The highest BCUT2D eigenvalue weighted by Gasteiger charge is 2.35. The monoisotopic (exact) mass is 366 g/mol. The summed E-state index contributed by atoms with van der Waals surface area (Å²) in [6, 6.07) is -0.469. The zero-order valence-electron chi connectivity index (χ0n) is 13.8. The minimum absolute atomic E-state index is 0.0302. The molecule has 1 heterocycles. The molecule has 134 valence electrons. The highest BCUT2D eigenvalue weighted by Crippen LogP contribution is 2.25. The van der Waals surface area contributed by atoms with Crippen LogP contribution in [0.5, 0.6) is 0 Å². The van der Waals surface area contributed by atoms with Crippen molar-refractivity contribution in [2.45, 2.75) is 50.6 Å². The van der Waals surface area contributed by atoms with Gasteiger partial charge in [-0.3, -0.25) is 4.79 Å². The number of nitrogens with zero attached hydrogens (tertiary/aromatic N) is 2. The Morgan fingerprint density at radius 3 is 2.17 bits per heavy atom. The first kappa shape index (κ1) is 18.7. The fourth-order valence-corrected chi connectivity index (χ4v) is 6.29. The number of hydrogen-bond acceptors (Lipinski definition) is 5. The van der Waals surface area contributed by atoms with Crippen LogP contribution >= 0.6 is 0 Å². The fraction of sp³-hybridized carbons (Fsp3) is 0.929. The second kappa shape index (κ2) is 7.06. The predicted octanol–water partition coefficient (Wildman–Crippen LogP) is 0.226. The van der Waals surface area contributed by atoms with Gasteiger partial charge in [0.25, 0.3) is 0 Å². The summed E-state index contributed by atoms with van der Waals surface area (Å²) in [4.78, 5) is 13.9. The van der Waals surface area contributed by atoms with Crippen molar-refractivity contribution in [2.75, 3.05) is 31.4 Å². The number of amides is 1. The molecule has 0 spiro atoms. The van der Waals surface area contributed by atoms with Crippen molar-refractivity contribution >= 4 is 25.8 Å². The summed E-state index contributed by atoms with van der Waals surface area (Å²) < 4.78 is 48.6. The molecule has 9 heteroatoms.